The molecular weight excluding hydrogens is 244 g/mol. The lowest BCUT2D eigenvalue weighted by Crippen LogP contribution is -2.27. The molecule has 0 aliphatic carbocycles. The molecule has 1 aliphatic rings. The van der Waals surface area contributed by atoms with E-state index in [4.69, 9.17) is 0 Å². The highest BCUT2D eigenvalue weighted by Gasteiger charge is 2.19. The first kappa shape index (κ1) is 11.4. The van der Waals surface area contributed by atoms with E-state index in [9.17, 15) is 4.79 Å². The van der Waals surface area contributed by atoms with Gasteiger partial charge >= 0.3 is 0 Å². The van der Waals surface area contributed by atoms with Gasteiger partial charge in [-0.2, -0.15) is 0 Å². The zero-order valence-corrected chi connectivity index (χ0v) is 10.8. The van der Waals surface area contributed by atoms with Gasteiger partial charge in [0, 0.05) is 35.9 Å². The molecule has 3 rings (SSSR count). The van der Waals surface area contributed by atoms with Crippen molar-refractivity contribution in [1.29, 1.82) is 0 Å². The molecule has 0 unspecified atom stereocenters. The average molecular weight is 258 g/mol. The van der Waals surface area contributed by atoms with Crippen LogP contribution in [-0.2, 0) is 0 Å². The van der Waals surface area contributed by atoms with Gasteiger partial charge in [0.15, 0.2) is 0 Å². The van der Waals surface area contributed by atoms with Crippen LogP contribution in [0.5, 0.6) is 0 Å². The number of nitrogens with zero attached hydrogens (tertiary/aromatic N) is 2. The van der Waals surface area contributed by atoms with Crippen molar-refractivity contribution in [3.05, 3.63) is 54.4 Å². The number of benzene rings is 1. The predicted molar refractivity (Wildman–Crippen MR) is 74.1 cm³/mol. The number of aromatic nitrogens is 1. The maximum Gasteiger partial charge on any atom is 0.254 e. The van der Waals surface area contributed by atoms with Gasteiger partial charge in [0.2, 0.25) is 0 Å². The van der Waals surface area contributed by atoms with E-state index in [1.165, 1.54) is 0 Å². The lowest BCUT2D eigenvalue weighted by Gasteiger charge is -2.14. The van der Waals surface area contributed by atoms with Crippen molar-refractivity contribution in [3.63, 3.8) is 0 Å². The minimum absolute atomic E-state index is 0.138. The summed E-state index contributed by atoms with van der Waals surface area (Å²) in [5.41, 5.74) is 1.85. The Hall–Kier alpha value is -1.68. The summed E-state index contributed by atoms with van der Waals surface area (Å²) in [7, 11) is 0. The van der Waals surface area contributed by atoms with Crippen molar-refractivity contribution in [2.45, 2.75) is 0 Å². The Kier molecular flexibility index (Phi) is 3.11. The fourth-order valence-electron chi connectivity index (χ4n) is 2.04. The van der Waals surface area contributed by atoms with Crippen molar-refractivity contribution in [3.8, 4) is 5.69 Å². The summed E-state index contributed by atoms with van der Waals surface area (Å²) in [4.78, 5) is 14.0. The summed E-state index contributed by atoms with van der Waals surface area (Å²) in [5.74, 6) is 2.00. The van der Waals surface area contributed by atoms with Crippen LogP contribution < -0.4 is 0 Å². The summed E-state index contributed by atoms with van der Waals surface area (Å²) in [6.07, 6.45) is 3.99. The standard InChI is InChI=1S/C14H14N2OS/c17-14(16-9-10-18-11-16)12-3-5-13(6-4-12)15-7-1-2-8-15/h1-8H,9-11H2. The quantitative estimate of drug-likeness (QED) is 0.827. The van der Waals surface area contributed by atoms with E-state index < -0.39 is 0 Å². The van der Waals surface area contributed by atoms with E-state index in [2.05, 4.69) is 0 Å². The summed E-state index contributed by atoms with van der Waals surface area (Å²) in [6, 6.07) is 11.7. The maximum absolute atomic E-state index is 12.2. The van der Waals surface area contributed by atoms with Crippen molar-refractivity contribution in [1.82, 2.24) is 9.47 Å². The molecule has 2 heterocycles. The molecule has 1 aliphatic heterocycles. The Bertz CT molecular complexity index is 527. The average Bonchev–Trinajstić information content (AvgIpc) is 3.11. The van der Waals surface area contributed by atoms with Crippen LogP contribution in [0.1, 0.15) is 10.4 Å². The molecule has 92 valence electrons. The Balaban J connectivity index is 1.80. The predicted octanol–water partition coefficient (Wildman–Crippen LogP) is 2.62. The molecule has 1 amide bonds. The number of carbonyl (C=O) groups excluding carboxylic acids is 1. The Morgan fingerprint density at radius 3 is 2.44 bits per heavy atom. The maximum atomic E-state index is 12.2. The smallest absolute Gasteiger partial charge is 0.254 e. The van der Waals surface area contributed by atoms with Gasteiger partial charge in [-0.25, -0.2) is 0 Å². The van der Waals surface area contributed by atoms with E-state index >= 15 is 0 Å². The van der Waals surface area contributed by atoms with Gasteiger partial charge in [-0.3, -0.25) is 4.79 Å². The summed E-state index contributed by atoms with van der Waals surface area (Å²) < 4.78 is 2.03. The summed E-state index contributed by atoms with van der Waals surface area (Å²) >= 11 is 1.81. The minimum Gasteiger partial charge on any atom is -0.329 e. The molecule has 0 N–H and O–H groups in total. The number of thioether (sulfide) groups is 1. The van der Waals surface area contributed by atoms with Gasteiger partial charge in [-0.15, -0.1) is 11.8 Å². The summed E-state index contributed by atoms with van der Waals surface area (Å²) in [5, 5.41) is 0. The third kappa shape index (κ3) is 2.16. The second-order valence-corrected chi connectivity index (χ2v) is 5.32. The fourth-order valence-corrected chi connectivity index (χ4v) is 2.98. The second kappa shape index (κ2) is 4.90. The molecule has 0 spiro atoms. The lowest BCUT2D eigenvalue weighted by molar-refractivity contribution is 0.0803. The van der Waals surface area contributed by atoms with E-state index in [-0.39, 0.29) is 5.91 Å². The summed E-state index contributed by atoms with van der Waals surface area (Å²) in [6.45, 7) is 0.864. The molecule has 1 aromatic carbocycles. The van der Waals surface area contributed by atoms with Crippen LogP contribution >= 0.6 is 11.8 Å². The van der Waals surface area contributed by atoms with Gasteiger partial charge in [0.05, 0.1) is 5.88 Å². The van der Waals surface area contributed by atoms with Crippen molar-refractivity contribution >= 4 is 17.7 Å². The molecule has 3 nitrogen and oxygen atoms in total. The van der Waals surface area contributed by atoms with Gasteiger partial charge in [0.25, 0.3) is 5.91 Å². The van der Waals surface area contributed by atoms with Crippen LogP contribution in [0.4, 0.5) is 0 Å². The van der Waals surface area contributed by atoms with Crippen molar-refractivity contribution < 1.29 is 4.79 Å². The van der Waals surface area contributed by atoms with Crippen LogP contribution in [-0.4, -0.2) is 33.5 Å². The molecular formula is C14H14N2OS. The molecule has 0 saturated carbocycles. The van der Waals surface area contributed by atoms with Crippen LogP contribution in [0.25, 0.3) is 5.69 Å². The van der Waals surface area contributed by atoms with Gasteiger partial charge < -0.3 is 9.47 Å². The Morgan fingerprint density at radius 2 is 1.83 bits per heavy atom. The largest absolute Gasteiger partial charge is 0.329 e. The first-order chi connectivity index (χ1) is 8.84. The molecule has 0 radical (unpaired) electrons. The first-order valence-electron chi connectivity index (χ1n) is 5.95. The second-order valence-electron chi connectivity index (χ2n) is 4.24. The van der Waals surface area contributed by atoms with E-state index in [0.717, 1.165) is 29.4 Å². The Labute approximate surface area is 110 Å². The first-order valence-corrected chi connectivity index (χ1v) is 7.10. The number of hydrogen-bond donors (Lipinski definition) is 0. The molecule has 0 bridgehead atoms. The topological polar surface area (TPSA) is 25.2 Å². The molecule has 1 saturated heterocycles. The highest BCUT2D eigenvalue weighted by Crippen LogP contribution is 2.17. The molecule has 1 aromatic heterocycles. The highest BCUT2D eigenvalue weighted by molar-refractivity contribution is 7.99. The third-order valence-corrected chi connectivity index (χ3v) is 4.02. The molecule has 2 aromatic rings. The molecule has 1 fully saturated rings. The lowest BCUT2D eigenvalue weighted by atomic mass is 10.2. The number of amides is 1. The zero-order valence-electron chi connectivity index (χ0n) is 9.95. The van der Waals surface area contributed by atoms with Crippen LogP contribution in [0.15, 0.2) is 48.8 Å². The SMILES string of the molecule is O=C(c1ccc(-n2cccc2)cc1)N1CCSC1. The zero-order chi connectivity index (χ0) is 12.4. The minimum atomic E-state index is 0.138. The van der Waals surface area contributed by atoms with Crippen molar-refractivity contribution in [2.24, 2.45) is 0 Å². The third-order valence-electron chi connectivity index (χ3n) is 3.06. The Morgan fingerprint density at radius 1 is 1.11 bits per heavy atom. The highest BCUT2D eigenvalue weighted by atomic mass is 32.2. The molecule has 0 atom stereocenters. The number of carbonyl (C=O) groups is 1. The van der Waals surface area contributed by atoms with Crippen LogP contribution in [0.3, 0.4) is 0 Å². The van der Waals surface area contributed by atoms with Crippen LogP contribution in [0.2, 0.25) is 0 Å². The van der Waals surface area contributed by atoms with E-state index in [0.29, 0.717) is 0 Å². The normalized spacial score (nSPS) is 15.0. The fraction of sp³-hybridized carbons (Fsp3) is 0.214. The van der Waals surface area contributed by atoms with Gasteiger partial charge in [-0.1, -0.05) is 0 Å². The number of hydrogen-bond acceptors (Lipinski definition) is 2. The molecule has 4 heteroatoms. The molecule has 18 heavy (non-hydrogen) atoms. The van der Waals surface area contributed by atoms with Gasteiger partial charge in [0.1, 0.15) is 0 Å². The van der Waals surface area contributed by atoms with Crippen LogP contribution in [0, 0.1) is 0 Å². The van der Waals surface area contributed by atoms with Gasteiger partial charge in [-0.05, 0) is 36.4 Å². The van der Waals surface area contributed by atoms with E-state index in [1.807, 2.05) is 70.0 Å². The van der Waals surface area contributed by atoms with E-state index in [1.54, 1.807) is 0 Å². The number of rotatable bonds is 2. The monoisotopic (exact) mass is 258 g/mol. The van der Waals surface area contributed by atoms with Crippen molar-refractivity contribution in [2.75, 3.05) is 18.2 Å².